The lowest BCUT2D eigenvalue weighted by molar-refractivity contribution is 0.0697. The van der Waals surface area contributed by atoms with Crippen LogP contribution in [0.5, 0.6) is 5.75 Å². The number of carboxylic acids is 1. The lowest BCUT2D eigenvalue weighted by atomic mass is 9.90. The van der Waals surface area contributed by atoms with Gasteiger partial charge in [0.05, 0.1) is 5.56 Å². The molecule has 13 nitrogen and oxygen atoms in total. The fourth-order valence-electron chi connectivity index (χ4n) is 4.17. The third kappa shape index (κ3) is 5.09. The van der Waals surface area contributed by atoms with Crippen molar-refractivity contribution in [2.75, 3.05) is 29.9 Å². The van der Waals surface area contributed by atoms with Crippen LogP contribution in [0, 0.1) is 0 Å². The summed E-state index contributed by atoms with van der Waals surface area (Å²) in [6.07, 6.45) is 0. The molecule has 0 atom stereocenters. The zero-order chi connectivity index (χ0) is 27.7. The first-order chi connectivity index (χ1) is 18.7. The topological polar surface area (TPSA) is 220 Å². The van der Waals surface area contributed by atoms with Crippen molar-refractivity contribution in [2.24, 2.45) is 0 Å². The Balaban J connectivity index is 1.46. The van der Waals surface area contributed by atoms with Crippen LogP contribution in [0.25, 0.3) is 33.4 Å². The summed E-state index contributed by atoms with van der Waals surface area (Å²) in [5, 5.41) is 26.1. The zero-order valence-corrected chi connectivity index (χ0v) is 20.1. The van der Waals surface area contributed by atoms with Gasteiger partial charge in [-0.15, -0.1) is 0 Å². The Hall–Kier alpha value is -5.72. The number of hydrogen-bond donors (Lipinski definition) is 6. The van der Waals surface area contributed by atoms with Crippen molar-refractivity contribution in [3.63, 3.8) is 0 Å². The Morgan fingerprint density at radius 2 is 1.64 bits per heavy atom. The molecule has 2 heterocycles. The molecule has 0 fully saturated rings. The number of rotatable bonds is 7. The molecular weight excluding hydrogens is 506 g/mol. The molecule has 13 heteroatoms. The van der Waals surface area contributed by atoms with Gasteiger partial charge < -0.3 is 36.7 Å². The number of anilines is 3. The first-order valence-corrected chi connectivity index (χ1v) is 11.6. The van der Waals surface area contributed by atoms with Gasteiger partial charge in [0.25, 0.3) is 5.91 Å². The predicted octanol–water partition coefficient (Wildman–Crippen LogP) is 2.16. The maximum atomic E-state index is 12.8. The number of amides is 1. The third-order valence-corrected chi connectivity index (χ3v) is 5.82. The average Bonchev–Trinajstić information content (AvgIpc) is 2.88. The molecule has 39 heavy (non-hydrogen) atoms. The van der Waals surface area contributed by atoms with Crippen molar-refractivity contribution in [1.82, 2.24) is 20.3 Å². The number of nitrogens with zero attached hydrogens (tertiary/aromatic N) is 3. The second kappa shape index (κ2) is 9.97. The highest BCUT2D eigenvalue weighted by Crippen LogP contribution is 2.42. The monoisotopic (exact) mass is 527 g/mol. The van der Waals surface area contributed by atoms with Gasteiger partial charge in [-0.2, -0.15) is 15.0 Å². The van der Waals surface area contributed by atoms with E-state index in [0.29, 0.717) is 22.1 Å². The van der Waals surface area contributed by atoms with Gasteiger partial charge in [-0.3, -0.25) is 9.59 Å². The van der Waals surface area contributed by atoms with Crippen molar-refractivity contribution in [3.05, 3.63) is 75.9 Å². The Morgan fingerprint density at radius 3 is 2.38 bits per heavy atom. The Bertz CT molecular complexity index is 1770. The quantitative estimate of drug-likeness (QED) is 0.132. The van der Waals surface area contributed by atoms with E-state index in [4.69, 9.17) is 15.9 Å². The van der Waals surface area contributed by atoms with Crippen LogP contribution in [-0.2, 0) is 0 Å². The first kappa shape index (κ1) is 25.0. The minimum atomic E-state index is -1.26. The molecular formula is C26H21N7O6. The van der Waals surface area contributed by atoms with Crippen LogP contribution in [0.15, 0.2) is 63.8 Å². The smallest absolute Gasteiger partial charge is 0.336 e. The van der Waals surface area contributed by atoms with E-state index in [0.717, 1.165) is 0 Å². The summed E-state index contributed by atoms with van der Waals surface area (Å²) >= 11 is 0. The highest BCUT2D eigenvalue weighted by molar-refractivity contribution is 6.09. The van der Waals surface area contributed by atoms with Gasteiger partial charge in [-0.25, -0.2) is 4.79 Å². The number of aromatic nitrogens is 3. The molecule has 5 rings (SSSR count). The number of phenolic OH excluding ortho intramolecular Hbond substituents is 1. The van der Waals surface area contributed by atoms with Gasteiger partial charge in [0.1, 0.15) is 17.1 Å². The van der Waals surface area contributed by atoms with Crippen molar-refractivity contribution < 1.29 is 24.2 Å². The molecule has 0 unspecified atom stereocenters. The van der Waals surface area contributed by atoms with Crippen molar-refractivity contribution >= 4 is 40.7 Å². The second-order valence-electron chi connectivity index (χ2n) is 8.44. The molecule has 8 N–H and O–H groups in total. The van der Waals surface area contributed by atoms with Gasteiger partial charge in [0.2, 0.25) is 17.8 Å². The van der Waals surface area contributed by atoms with Crippen molar-refractivity contribution in [1.29, 1.82) is 0 Å². The van der Waals surface area contributed by atoms with Gasteiger partial charge in [-0.05, 0) is 42.0 Å². The molecule has 0 radical (unpaired) electrons. The summed E-state index contributed by atoms with van der Waals surface area (Å²) < 4.78 is 5.83. The summed E-state index contributed by atoms with van der Waals surface area (Å²) in [5.74, 6) is -1.54. The highest BCUT2D eigenvalue weighted by atomic mass is 16.4. The Morgan fingerprint density at radius 1 is 0.897 bits per heavy atom. The number of phenols is 1. The van der Waals surface area contributed by atoms with E-state index < -0.39 is 11.9 Å². The van der Waals surface area contributed by atoms with Crippen LogP contribution in [-0.4, -0.2) is 50.1 Å². The molecule has 1 aliphatic heterocycles. The molecule has 0 saturated heterocycles. The number of nitrogens with one attached hydrogen (secondary N) is 2. The second-order valence-corrected chi connectivity index (χ2v) is 8.44. The number of carbonyl (C=O) groups is 2. The van der Waals surface area contributed by atoms with Gasteiger partial charge in [0.15, 0.2) is 5.43 Å². The summed E-state index contributed by atoms with van der Waals surface area (Å²) in [5.41, 5.74) is 12.3. The minimum Gasteiger partial charge on any atom is -0.508 e. The van der Waals surface area contributed by atoms with E-state index in [2.05, 4.69) is 25.6 Å². The SMILES string of the molecule is Nc1nc(N)nc(NCCNC(=O)c2ccc(-c3c4ccc(=O)cc-4oc4cc(O)ccc34)c(C(=O)O)c2)n1. The molecule has 1 aromatic heterocycles. The number of nitrogen functional groups attached to an aromatic ring is 2. The Kier molecular flexibility index (Phi) is 6.38. The molecule has 0 bridgehead atoms. The first-order valence-electron chi connectivity index (χ1n) is 11.6. The predicted molar refractivity (Wildman–Crippen MR) is 143 cm³/mol. The van der Waals surface area contributed by atoms with Crippen LogP contribution in [0.3, 0.4) is 0 Å². The van der Waals surface area contributed by atoms with E-state index in [-0.39, 0.29) is 64.6 Å². The molecule has 196 valence electrons. The van der Waals surface area contributed by atoms with Gasteiger partial charge in [-0.1, -0.05) is 6.07 Å². The number of aromatic hydroxyl groups is 1. The average molecular weight is 527 g/mol. The van der Waals surface area contributed by atoms with E-state index in [9.17, 15) is 24.6 Å². The lowest BCUT2D eigenvalue weighted by Crippen LogP contribution is -2.29. The van der Waals surface area contributed by atoms with Gasteiger partial charge in [0, 0.05) is 47.3 Å². The van der Waals surface area contributed by atoms with E-state index in [1.165, 1.54) is 42.5 Å². The van der Waals surface area contributed by atoms with E-state index in [1.54, 1.807) is 12.1 Å². The zero-order valence-electron chi connectivity index (χ0n) is 20.1. The molecule has 0 saturated carbocycles. The third-order valence-electron chi connectivity index (χ3n) is 5.82. The van der Waals surface area contributed by atoms with Crippen LogP contribution in [0.4, 0.5) is 17.8 Å². The highest BCUT2D eigenvalue weighted by Gasteiger charge is 2.23. The van der Waals surface area contributed by atoms with Crippen LogP contribution < -0.4 is 27.5 Å². The summed E-state index contributed by atoms with van der Waals surface area (Å²) in [7, 11) is 0. The number of nitrogens with two attached hydrogens (primary N) is 2. The molecule has 1 aliphatic carbocycles. The molecule has 2 aliphatic rings. The maximum Gasteiger partial charge on any atom is 0.336 e. The summed E-state index contributed by atoms with van der Waals surface area (Å²) in [6, 6.07) is 12.9. The van der Waals surface area contributed by atoms with Crippen LogP contribution >= 0.6 is 0 Å². The number of carboxylic acid groups (broad SMARTS) is 1. The van der Waals surface area contributed by atoms with Crippen LogP contribution in [0.1, 0.15) is 20.7 Å². The van der Waals surface area contributed by atoms with Crippen molar-refractivity contribution in [2.45, 2.75) is 0 Å². The Labute approximate surface area is 219 Å². The largest absolute Gasteiger partial charge is 0.508 e. The number of fused-ring (bicyclic) bond motifs is 2. The summed E-state index contributed by atoms with van der Waals surface area (Å²) in [6.45, 7) is 0.392. The normalized spacial score (nSPS) is 11.0. The minimum absolute atomic E-state index is 0.0479. The lowest BCUT2D eigenvalue weighted by Gasteiger charge is -2.17. The van der Waals surface area contributed by atoms with Crippen molar-refractivity contribution in [3.8, 4) is 28.2 Å². The number of aromatic carboxylic acids is 1. The van der Waals surface area contributed by atoms with Gasteiger partial charge >= 0.3 is 5.97 Å². The molecule has 1 amide bonds. The molecule has 2 aromatic carbocycles. The number of hydrogen-bond acceptors (Lipinski definition) is 11. The van der Waals surface area contributed by atoms with Crippen LogP contribution in [0.2, 0.25) is 0 Å². The number of carbonyl (C=O) groups excluding carboxylic acids is 1. The summed E-state index contributed by atoms with van der Waals surface area (Å²) in [4.78, 5) is 48.5. The van der Waals surface area contributed by atoms with E-state index in [1.807, 2.05) is 0 Å². The number of benzene rings is 3. The fraction of sp³-hybridized carbons (Fsp3) is 0.0769. The maximum absolute atomic E-state index is 12.8. The van der Waals surface area contributed by atoms with E-state index >= 15 is 0 Å². The molecule has 0 spiro atoms. The fourth-order valence-corrected chi connectivity index (χ4v) is 4.17. The molecule has 3 aromatic rings. The standard InChI is InChI=1S/C26H21N7O6/c27-24-31-25(28)33-26(32-24)30-8-7-29-22(36)12-1-4-15(18(9-12)23(37)38)21-16-5-2-13(34)10-19(16)39-20-11-14(35)3-6-17(20)21/h1-6,9-11,34H,7-8H2,(H,29,36)(H,37,38)(H5,27,28,30,31,32,33).